The molecule has 2 heteroatoms. The second kappa shape index (κ2) is 12.5. The highest BCUT2D eigenvalue weighted by Crippen LogP contribution is 2.63. The van der Waals surface area contributed by atoms with Crippen molar-refractivity contribution in [1.29, 1.82) is 0 Å². The second-order valence-electron chi connectivity index (χ2n) is 14.4. The van der Waals surface area contributed by atoms with Gasteiger partial charge in [0.2, 0.25) is 0 Å². The Morgan fingerprint density at radius 1 is 0.345 bits per heavy atom. The first-order valence-corrected chi connectivity index (χ1v) is 18.9. The molecule has 1 atom stereocenters. The van der Waals surface area contributed by atoms with Gasteiger partial charge in [-0.25, -0.2) is 0 Å². The summed E-state index contributed by atoms with van der Waals surface area (Å²) in [5, 5.41) is 2.40. The minimum Gasteiger partial charge on any atom is -0.457 e. The summed E-state index contributed by atoms with van der Waals surface area (Å²) in [7, 11) is 0. The molecule has 1 heterocycles. The molecule has 258 valence electrons. The minimum absolute atomic E-state index is 0.613. The Hall–Kier alpha value is -7.16. The van der Waals surface area contributed by atoms with Crippen molar-refractivity contribution >= 4 is 27.8 Å². The number of hydrogen-bond donors (Lipinski definition) is 0. The van der Waals surface area contributed by atoms with E-state index in [0.717, 1.165) is 39.7 Å². The van der Waals surface area contributed by atoms with Crippen LogP contribution >= 0.6 is 0 Å². The Morgan fingerprint density at radius 2 is 0.927 bits per heavy atom. The highest BCUT2D eigenvalue weighted by Gasteiger charge is 2.51. The molecule has 9 aromatic carbocycles. The quantitative estimate of drug-likeness (QED) is 0.177. The molecule has 1 spiro atoms. The van der Waals surface area contributed by atoms with E-state index in [4.69, 9.17) is 4.74 Å². The normalized spacial score (nSPS) is 14.8. The molecule has 0 amide bonds. The molecule has 1 aliphatic heterocycles. The van der Waals surface area contributed by atoms with E-state index < -0.39 is 5.41 Å². The van der Waals surface area contributed by atoms with Crippen molar-refractivity contribution in [2.75, 3.05) is 4.90 Å². The Bertz CT molecular complexity index is 2890. The van der Waals surface area contributed by atoms with Crippen molar-refractivity contribution in [3.05, 3.63) is 235 Å². The van der Waals surface area contributed by atoms with E-state index in [9.17, 15) is 0 Å². The highest BCUT2D eigenvalue weighted by molar-refractivity contribution is 6.00. The monoisotopic (exact) mass is 701 g/mol. The van der Waals surface area contributed by atoms with Gasteiger partial charge in [0.1, 0.15) is 11.5 Å². The molecule has 1 unspecified atom stereocenters. The molecule has 0 aromatic heterocycles. The number of anilines is 3. The number of nitrogens with zero attached hydrogens (tertiary/aromatic N) is 1. The van der Waals surface area contributed by atoms with Gasteiger partial charge in [-0.05, 0) is 98.4 Å². The summed E-state index contributed by atoms with van der Waals surface area (Å²) in [6.45, 7) is 0. The minimum atomic E-state index is -0.613. The van der Waals surface area contributed by atoms with E-state index in [1.54, 1.807) is 0 Å². The molecule has 1 aliphatic carbocycles. The molecule has 0 fully saturated rings. The molecular weight excluding hydrogens is 667 g/mol. The van der Waals surface area contributed by atoms with Crippen LogP contribution in [0.25, 0.3) is 44.2 Å². The van der Waals surface area contributed by atoms with Crippen LogP contribution in [0.5, 0.6) is 11.5 Å². The Kier molecular flexibility index (Phi) is 7.11. The van der Waals surface area contributed by atoms with E-state index in [1.165, 1.54) is 55.3 Å². The number of rotatable bonds is 5. The van der Waals surface area contributed by atoms with Crippen molar-refractivity contribution in [2.45, 2.75) is 5.41 Å². The maximum atomic E-state index is 6.79. The lowest BCUT2D eigenvalue weighted by Gasteiger charge is -2.40. The topological polar surface area (TPSA) is 12.5 Å². The van der Waals surface area contributed by atoms with Gasteiger partial charge < -0.3 is 9.64 Å². The summed E-state index contributed by atoms with van der Waals surface area (Å²) in [6, 6.07) is 76.9. The lowest BCUT2D eigenvalue weighted by Crippen LogP contribution is -2.32. The number of para-hydroxylation sites is 1. The molecule has 0 radical (unpaired) electrons. The van der Waals surface area contributed by atoms with Gasteiger partial charge in [0.05, 0.1) is 11.1 Å². The Morgan fingerprint density at radius 3 is 1.75 bits per heavy atom. The number of hydrogen-bond acceptors (Lipinski definition) is 2. The smallest absolute Gasteiger partial charge is 0.132 e. The van der Waals surface area contributed by atoms with Crippen molar-refractivity contribution < 1.29 is 4.74 Å². The average molecular weight is 702 g/mol. The lowest BCUT2D eigenvalue weighted by molar-refractivity contribution is 0.436. The first-order chi connectivity index (χ1) is 27.3. The van der Waals surface area contributed by atoms with Gasteiger partial charge in [-0.1, -0.05) is 164 Å². The fourth-order valence-corrected chi connectivity index (χ4v) is 9.10. The lowest BCUT2D eigenvalue weighted by atomic mass is 9.65. The summed E-state index contributed by atoms with van der Waals surface area (Å²) in [4.78, 5) is 2.43. The third-order valence-electron chi connectivity index (χ3n) is 11.5. The van der Waals surface area contributed by atoms with Crippen LogP contribution in [0.15, 0.2) is 212 Å². The van der Waals surface area contributed by atoms with Crippen molar-refractivity contribution in [1.82, 2.24) is 0 Å². The van der Waals surface area contributed by atoms with Gasteiger partial charge in [-0.2, -0.15) is 0 Å². The molecule has 11 rings (SSSR count). The summed E-state index contributed by atoms with van der Waals surface area (Å²) >= 11 is 0. The zero-order valence-electron chi connectivity index (χ0n) is 30.1. The third kappa shape index (κ3) is 4.82. The molecule has 9 aromatic rings. The van der Waals surface area contributed by atoms with Crippen LogP contribution in [0, 0.1) is 0 Å². The fourth-order valence-electron chi connectivity index (χ4n) is 9.10. The maximum absolute atomic E-state index is 6.79. The molecule has 0 saturated heterocycles. The zero-order valence-corrected chi connectivity index (χ0v) is 30.1. The number of ether oxygens (including phenoxy) is 1. The third-order valence-corrected chi connectivity index (χ3v) is 11.5. The number of fused-ring (bicyclic) bond motifs is 10. The maximum Gasteiger partial charge on any atom is 0.132 e. The van der Waals surface area contributed by atoms with Crippen LogP contribution in [0.3, 0.4) is 0 Å². The van der Waals surface area contributed by atoms with Gasteiger partial charge in [0.25, 0.3) is 0 Å². The first kappa shape index (κ1) is 31.4. The first-order valence-electron chi connectivity index (χ1n) is 18.9. The predicted octanol–water partition coefficient (Wildman–Crippen LogP) is 14.1. The Balaban J connectivity index is 1.19. The largest absolute Gasteiger partial charge is 0.457 e. The van der Waals surface area contributed by atoms with Gasteiger partial charge in [0, 0.05) is 27.9 Å². The van der Waals surface area contributed by atoms with Gasteiger partial charge in [-0.15, -0.1) is 0 Å². The van der Waals surface area contributed by atoms with Crippen LogP contribution in [-0.4, -0.2) is 0 Å². The molecule has 2 aliphatic rings. The van der Waals surface area contributed by atoms with Gasteiger partial charge >= 0.3 is 0 Å². The van der Waals surface area contributed by atoms with E-state index in [1.807, 2.05) is 0 Å². The molecule has 0 saturated carbocycles. The summed E-state index contributed by atoms with van der Waals surface area (Å²) in [6.07, 6.45) is 0. The van der Waals surface area contributed by atoms with Crippen LogP contribution in [-0.2, 0) is 5.41 Å². The van der Waals surface area contributed by atoms with Gasteiger partial charge in [0.15, 0.2) is 0 Å². The van der Waals surface area contributed by atoms with Crippen molar-refractivity contribution in [2.24, 2.45) is 0 Å². The van der Waals surface area contributed by atoms with E-state index >= 15 is 0 Å². The Labute approximate surface area is 321 Å². The molecule has 55 heavy (non-hydrogen) atoms. The van der Waals surface area contributed by atoms with E-state index in [-0.39, 0.29) is 0 Å². The van der Waals surface area contributed by atoms with E-state index in [0.29, 0.717) is 0 Å². The number of benzene rings is 9. The SMILES string of the molecule is c1ccc(-c2ccc(N(c3ccc4c(c3)C3(c5ccccc5Oc5ccc(-c6ccccc6)cc53)c3ccccc3-4)c3cccc4ccccc34)cc2)cc1. The van der Waals surface area contributed by atoms with Crippen LogP contribution < -0.4 is 9.64 Å². The fraction of sp³-hybridized carbons (Fsp3) is 0.0189. The van der Waals surface area contributed by atoms with Crippen LogP contribution in [0.4, 0.5) is 17.1 Å². The molecular formula is C53H35NO. The van der Waals surface area contributed by atoms with Crippen molar-refractivity contribution in [3.63, 3.8) is 0 Å². The average Bonchev–Trinajstić information content (AvgIpc) is 3.54. The van der Waals surface area contributed by atoms with Crippen LogP contribution in [0.1, 0.15) is 22.3 Å². The molecule has 2 nitrogen and oxygen atoms in total. The summed E-state index contributed by atoms with van der Waals surface area (Å²) in [5.41, 5.74) is 14.8. The molecule has 0 bridgehead atoms. The van der Waals surface area contributed by atoms with Crippen LogP contribution in [0.2, 0.25) is 0 Å². The van der Waals surface area contributed by atoms with Gasteiger partial charge in [-0.3, -0.25) is 0 Å². The molecule has 0 N–H and O–H groups in total. The standard InChI is InChI=1S/C53H35NO/c1-3-14-36(15-4-1)38-26-29-41(30-27-38)54(50-24-13-19-39-18-7-8-20-43(39)50)42-31-32-45-44-21-9-10-22-46(44)53(48(45)35-42)47-23-11-12-25-51(47)55-52-33-28-40(34-49(52)53)37-16-5-2-6-17-37/h1-35H. The predicted molar refractivity (Wildman–Crippen MR) is 227 cm³/mol. The summed E-state index contributed by atoms with van der Waals surface area (Å²) < 4.78 is 6.79. The second-order valence-corrected chi connectivity index (χ2v) is 14.4. The zero-order chi connectivity index (χ0) is 36.3. The van der Waals surface area contributed by atoms with E-state index in [2.05, 4.69) is 217 Å². The van der Waals surface area contributed by atoms with Crippen molar-refractivity contribution in [3.8, 4) is 44.9 Å². The highest BCUT2D eigenvalue weighted by atomic mass is 16.5. The summed E-state index contributed by atoms with van der Waals surface area (Å²) in [5.74, 6) is 1.77.